The van der Waals surface area contributed by atoms with Crippen molar-refractivity contribution in [2.75, 3.05) is 43.5 Å². The highest BCUT2D eigenvalue weighted by molar-refractivity contribution is 5.94. The van der Waals surface area contributed by atoms with Crippen LogP contribution >= 0.6 is 0 Å². The molecule has 2 N–H and O–H groups in total. The first-order chi connectivity index (χ1) is 15.6. The summed E-state index contributed by atoms with van der Waals surface area (Å²) in [7, 11) is 0. The molecule has 0 spiro atoms. The Labute approximate surface area is 190 Å². The van der Waals surface area contributed by atoms with Gasteiger partial charge in [0.2, 0.25) is 11.8 Å². The molecule has 0 aliphatic carbocycles. The Hall–Kier alpha value is -3.06. The maximum absolute atomic E-state index is 12.4. The van der Waals surface area contributed by atoms with Crippen molar-refractivity contribution in [2.24, 2.45) is 0 Å². The molecule has 0 atom stereocenters. The topological polar surface area (TPSA) is 79.9 Å². The van der Waals surface area contributed by atoms with Crippen LogP contribution in [-0.4, -0.2) is 49.6 Å². The van der Waals surface area contributed by atoms with E-state index in [9.17, 15) is 9.59 Å². The SMILES string of the molecule is CCN(CC)CCOc1ccccc1NC(=O)CCCOc1ccc2c(c1)CCC(=O)N2. The number of hydrogen-bond donors (Lipinski definition) is 2. The van der Waals surface area contributed by atoms with Crippen LogP contribution in [-0.2, 0) is 16.0 Å². The van der Waals surface area contributed by atoms with E-state index >= 15 is 0 Å². The molecule has 1 aliphatic rings. The average molecular weight is 440 g/mol. The van der Waals surface area contributed by atoms with Crippen molar-refractivity contribution in [3.8, 4) is 11.5 Å². The van der Waals surface area contributed by atoms with Gasteiger partial charge in [-0.2, -0.15) is 0 Å². The summed E-state index contributed by atoms with van der Waals surface area (Å²) in [4.78, 5) is 26.1. The van der Waals surface area contributed by atoms with Crippen LogP contribution in [0.25, 0.3) is 0 Å². The van der Waals surface area contributed by atoms with Gasteiger partial charge in [0.25, 0.3) is 0 Å². The van der Waals surface area contributed by atoms with Gasteiger partial charge in [0.15, 0.2) is 0 Å². The molecule has 0 unspecified atom stereocenters. The lowest BCUT2D eigenvalue weighted by atomic mass is 10.0. The lowest BCUT2D eigenvalue weighted by Crippen LogP contribution is -2.28. The summed E-state index contributed by atoms with van der Waals surface area (Å²) < 4.78 is 11.7. The van der Waals surface area contributed by atoms with Gasteiger partial charge in [-0.1, -0.05) is 26.0 Å². The Bertz CT molecular complexity index is 912. The number of nitrogens with zero attached hydrogens (tertiary/aromatic N) is 1. The molecule has 2 aromatic rings. The second-order valence-electron chi connectivity index (χ2n) is 7.74. The molecule has 2 amide bonds. The zero-order valence-corrected chi connectivity index (χ0v) is 19.0. The number of ether oxygens (including phenoxy) is 2. The van der Waals surface area contributed by atoms with Crippen molar-refractivity contribution in [1.29, 1.82) is 0 Å². The minimum Gasteiger partial charge on any atom is -0.494 e. The zero-order chi connectivity index (χ0) is 22.8. The number of rotatable bonds is 12. The normalized spacial score (nSPS) is 12.8. The van der Waals surface area contributed by atoms with Gasteiger partial charge in [0.1, 0.15) is 18.1 Å². The fraction of sp³-hybridized carbons (Fsp3) is 0.440. The fourth-order valence-corrected chi connectivity index (χ4v) is 3.61. The number of amides is 2. The van der Waals surface area contributed by atoms with Gasteiger partial charge in [-0.05, 0) is 61.8 Å². The second-order valence-corrected chi connectivity index (χ2v) is 7.74. The summed E-state index contributed by atoms with van der Waals surface area (Å²) in [5.41, 5.74) is 2.62. The molecule has 1 heterocycles. The number of anilines is 2. The summed E-state index contributed by atoms with van der Waals surface area (Å²) in [6.07, 6.45) is 2.17. The molecular weight excluding hydrogens is 406 g/mol. The standard InChI is InChI=1S/C25H33N3O4/c1-3-28(4-2)15-17-32-23-9-6-5-8-22(23)27-24(29)10-7-16-31-20-12-13-21-19(18-20)11-14-25(30)26-21/h5-6,8-9,12-13,18H,3-4,7,10-11,14-17H2,1-2H3,(H,26,30)(H,27,29). The van der Waals surface area contributed by atoms with E-state index in [4.69, 9.17) is 9.47 Å². The van der Waals surface area contributed by atoms with Crippen LogP contribution in [0.1, 0.15) is 38.7 Å². The summed E-state index contributed by atoms with van der Waals surface area (Å²) in [6.45, 7) is 8.11. The number of likely N-dealkylation sites (N-methyl/N-ethyl adjacent to an activating group) is 1. The number of benzene rings is 2. The smallest absolute Gasteiger partial charge is 0.224 e. The Morgan fingerprint density at radius 1 is 1.06 bits per heavy atom. The molecule has 7 nitrogen and oxygen atoms in total. The molecule has 0 saturated carbocycles. The molecule has 0 radical (unpaired) electrons. The van der Waals surface area contributed by atoms with Crippen molar-refractivity contribution in [3.63, 3.8) is 0 Å². The van der Waals surface area contributed by atoms with Crippen LogP contribution in [0, 0.1) is 0 Å². The highest BCUT2D eigenvalue weighted by Gasteiger charge is 2.15. The van der Waals surface area contributed by atoms with Gasteiger partial charge in [-0.3, -0.25) is 9.59 Å². The quantitative estimate of drug-likeness (QED) is 0.487. The predicted molar refractivity (Wildman–Crippen MR) is 126 cm³/mol. The Morgan fingerprint density at radius 3 is 2.69 bits per heavy atom. The molecule has 2 aromatic carbocycles. The molecule has 0 fully saturated rings. The van der Waals surface area contributed by atoms with Gasteiger partial charge in [0.05, 0.1) is 12.3 Å². The number of para-hydroxylation sites is 2. The second kappa shape index (κ2) is 12.1. The maximum Gasteiger partial charge on any atom is 0.224 e. The molecule has 32 heavy (non-hydrogen) atoms. The molecule has 0 bridgehead atoms. The van der Waals surface area contributed by atoms with Gasteiger partial charge in [-0.25, -0.2) is 0 Å². The molecule has 172 valence electrons. The first-order valence-corrected chi connectivity index (χ1v) is 11.4. The number of aryl methyl sites for hydroxylation is 1. The third kappa shape index (κ3) is 6.99. The van der Waals surface area contributed by atoms with Crippen LogP contribution in [0.15, 0.2) is 42.5 Å². The lowest BCUT2D eigenvalue weighted by molar-refractivity contribution is -0.117. The molecule has 0 aromatic heterocycles. The third-order valence-corrected chi connectivity index (χ3v) is 5.51. The lowest BCUT2D eigenvalue weighted by Gasteiger charge is -2.19. The third-order valence-electron chi connectivity index (χ3n) is 5.51. The fourth-order valence-electron chi connectivity index (χ4n) is 3.61. The summed E-state index contributed by atoms with van der Waals surface area (Å²) in [5, 5.41) is 5.81. The van der Waals surface area contributed by atoms with Gasteiger partial charge < -0.3 is 25.0 Å². The van der Waals surface area contributed by atoms with Crippen molar-refractivity contribution in [1.82, 2.24) is 4.90 Å². The van der Waals surface area contributed by atoms with Crippen molar-refractivity contribution < 1.29 is 19.1 Å². The maximum atomic E-state index is 12.4. The van der Waals surface area contributed by atoms with Crippen LogP contribution in [0.2, 0.25) is 0 Å². The monoisotopic (exact) mass is 439 g/mol. The largest absolute Gasteiger partial charge is 0.494 e. The van der Waals surface area contributed by atoms with Crippen molar-refractivity contribution in [3.05, 3.63) is 48.0 Å². The molecule has 0 saturated heterocycles. The number of nitrogens with one attached hydrogen (secondary N) is 2. The molecular formula is C25H33N3O4. The van der Waals surface area contributed by atoms with Gasteiger partial charge >= 0.3 is 0 Å². The van der Waals surface area contributed by atoms with E-state index in [0.717, 1.165) is 43.1 Å². The van der Waals surface area contributed by atoms with E-state index in [1.165, 1.54) is 0 Å². The van der Waals surface area contributed by atoms with E-state index < -0.39 is 0 Å². The number of carbonyl (C=O) groups is 2. The first kappa shape index (κ1) is 23.6. The van der Waals surface area contributed by atoms with E-state index in [-0.39, 0.29) is 11.8 Å². The molecule has 7 heteroatoms. The first-order valence-electron chi connectivity index (χ1n) is 11.4. The van der Waals surface area contributed by atoms with Crippen LogP contribution in [0.5, 0.6) is 11.5 Å². The molecule has 1 aliphatic heterocycles. The Balaban J connectivity index is 1.41. The summed E-state index contributed by atoms with van der Waals surface area (Å²) in [5.74, 6) is 1.42. The van der Waals surface area contributed by atoms with Crippen LogP contribution in [0.4, 0.5) is 11.4 Å². The average Bonchev–Trinajstić information content (AvgIpc) is 2.80. The number of carbonyl (C=O) groups excluding carboxylic acids is 2. The van der Waals surface area contributed by atoms with Crippen LogP contribution < -0.4 is 20.1 Å². The van der Waals surface area contributed by atoms with E-state index in [1.54, 1.807) is 0 Å². The van der Waals surface area contributed by atoms with E-state index in [0.29, 0.717) is 43.9 Å². The van der Waals surface area contributed by atoms with Gasteiger partial charge in [0, 0.05) is 25.1 Å². The Kier molecular flexibility index (Phi) is 8.92. The number of fused-ring (bicyclic) bond motifs is 1. The number of hydrogen-bond acceptors (Lipinski definition) is 5. The zero-order valence-electron chi connectivity index (χ0n) is 19.0. The summed E-state index contributed by atoms with van der Waals surface area (Å²) >= 11 is 0. The highest BCUT2D eigenvalue weighted by atomic mass is 16.5. The van der Waals surface area contributed by atoms with E-state index in [1.807, 2.05) is 42.5 Å². The minimum absolute atomic E-state index is 0.0491. The Morgan fingerprint density at radius 2 is 1.88 bits per heavy atom. The predicted octanol–water partition coefficient (Wildman–Crippen LogP) is 4.09. The van der Waals surface area contributed by atoms with Crippen molar-refractivity contribution >= 4 is 23.2 Å². The molecule has 3 rings (SSSR count). The van der Waals surface area contributed by atoms with Crippen molar-refractivity contribution in [2.45, 2.75) is 39.5 Å². The van der Waals surface area contributed by atoms with E-state index in [2.05, 4.69) is 29.4 Å². The highest BCUT2D eigenvalue weighted by Crippen LogP contribution is 2.27. The van der Waals surface area contributed by atoms with Gasteiger partial charge in [-0.15, -0.1) is 0 Å². The summed E-state index contributed by atoms with van der Waals surface area (Å²) in [6, 6.07) is 13.2. The van der Waals surface area contributed by atoms with Crippen LogP contribution in [0.3, 0.4) is 0 Å². The minimum atomic E-state index is -0.0680.